The molecule has 0 bridgehead atoms. The summed E-state index contributed by atoms with van der Waals surface area (Å²) in [5.74, 6) is 0. The Balaban J connectivity index is 1.09. The molecule has 0 radical (unpaired) electrons. The van der Waals surface area contributed by atoms with Crippen molar-refractivity contribution in [1.29, 1.82) is 0 Å². The van der Waals surface area contributed by atoms with Crippen LogP contribution < -0.4 is 0 Å². The number of hydrogen-bond donors (Lipinski definition) is 0. The summed E-state index contributed by atoms with van der Waals surface area (Å²) in [5.41, 5.74) is 13.5. The Morgan fingerprint density at radius 1 is 0.340 bits per heavy atom. The Hall–Kier alpha value is -6.32. The van der Waals surface area contributed by atoms with E-state index in [1.54, 1.807) is 0 Å². The van der Waals surface area contributed by atoms with Gasteiger partial charge in [-0.05, 0) is 82.9 Å². The van der Waals surface area contributed by atoms with E-state index in [1.165, 1.54) is 44.2 Å². The molecule has 220 valence electrons. The van der Waals surface area contributed by atoms with Crippen molar-refractivity contribution in [2.45, 2.75) is 0 Å². The molecular weight excluding hydrogens is 572 g/mol. The van der Waals surface area contributed by atoms with Gasteiger partial charge in [0, 0.05) is 32.9 Å². The van der Waals surface area contributed by atoms with Crippen molar-refractivity contribution in [3.63, 3.8) is 0 Å². The van der Waals surface area contributed by atoms with Gasteiger partial charge in [-0.15, -0.1) is 0 Å². The Labute approximate surface area is 271 Å². The zero-order valence-corrected chi connectivity index (χ0v) is 25.5. The van der Waals surface area contributed by atoms with Crippen molar-refractivity contribution < 1.29 is 4.42 Å². The SMILES string of the molecule is c1ccc(-n2c3ccccc3c3ccc(-c4ccc(-c5ccc6oc7c8ccccc8n(-c8ccccc8)c7c6c5)cc4)cc32)cc1. The molecule has 3 heterocycles. The van der Waals surface area contributed by atoms with Crippen LogP contribution in [0.15, 0.2) is 174 Å². The highest BCUT2D eigenvalue weighted by atomic mass is 16.3. The Morgan fingerprint density at radius 2 is 0.851 bits per heavy atom. The topological polar surface area (TPSA) is 23.0 Å². The minimum Gasteiger partial charge on any atom is -0.454 e. The van der Waals surface area contributed by atoms with Gasteiger partial charge in [-0.2, -0.15) is 0 Å². The van der Waals surface area contributed by atoms with E-state index in [-0.39, 0.29) is 0 Å². The lowest BCUT2D eigenvalue weighted by Crippen LogP contribution is -1.93. The van der Waals surface area contributed by atoms with Crippen LogP contribution in [-0.2, 0) is 0 Å². The molecule has 47 heavy (non-hydrogen) atoms. The third-order valence-corrected chi connectivity index (χ3v) is 9.53. The van der Waals surface area contributed by atoms with Crippen LogP contribution in [0.5, 0.6) is 0 Å². The molecule has 0 unspecified atom stereocenters. The lowest BCUT2D eigenvalue weighted by atomic mass is 9.98. The van der Waals surface area contributed by atoms with Gasteiger partial charge in [0.15, 0.2) is 5.58 Å². The monoisotopic (exact) mass is 600 g/mol. The summed E-state index contributed by atoms with van der Waals surface area (Å²) in [6, 6.07) is 60.7. The number of benzene rings is 7. The standard InChI is InChI=1S/C44H28N2O/c1-3-11-33(12-4-1)45-39-17-9-7-15-35(39)36-25-23-32(28-41(36)45)30-21-19-29(20-22-30)31-24-26-42-38(27-31)43-44(47-42)37-16-8-10-18-40(37)46(43)34-13-5-2-6-14-34/h1-28H. The predicted octanol–water partition coefficient (Wildman–Crippen LogP) is 12.0. The molecule has 0 aliphatic heterocycles. The van der Waals surface area contributed by atoms with Gasteiger partial charge < -0.3 is 13.6 Å². The van der Waals surface area contributed by atoms with Gasteiger partial charge >= 0.3 is 0 Å². The Kier molecular flexibility index (Phi) is 5.57. The quantitative estimate of drug-likeness (QED) is 0.197. The second kappa shape index (κ2) is 10.1. The second-order valence-corrected chi connectivity index (χ2v) is 12.2. The van der Waals surface area contributed by atoms with E-state index in [0.717, 1.165) is 44.2 Å². The van der Waals surface area contributed by atoms with E-state index in [4.69, 9.17) is 4.42 Å². The fraction of sp³-hybridized carbons (Fsp3) is 0. The highest BCUT2D eigenvalue weighted by molar-refractivity contribution is 6.17. The average Bonchev–Trinajstić information content (AvgIpc) is 3.79. The van der Waals surface area contributed by atoms with Crippen LogP contribution in [0.4, 0.5) is 0 Å². The number of furan rings is 1. The van der Waals surface area contributed by atoms with Gasteiger partial charge in [0.05, 0.1) is 16.6 Å². The third kappa shape index (κ3) is 3.93. The largest absolute Gasteiger partial charge is 0.454 e. The number of aromatic nitrogens is 2. The summed E-state index contributed by atoms with van der Waals surface area (Å²) >= 11 is 0. The molecule has 0 fully saturated rings. The smallest absolute Gasteiger partial charge is 0.161 e. The molecule has 10 aromatic rings. The molecule has 3 aromatic heterocycles. The van der Waals surface area contributed by atoms with Gasteiger partial charge in [-0.25, -0.2) is 0 Å². The number of rotatable bonds is 4. The van der Waals surface area contributed by atoms with E-state index in [9.17, 15) is 0 Å². The third-order valence-electron chi connectivity index (χ3n) is 9.53. The molecule has 0 amide bonds. The summed E-state index contributed by atoms with van der Waals surface area (Å²) in [6.45, 7) is 0. The fourth-order valence-electron chi connectivity index (χ4n) is 7.36. The van der Waals surface area contributed by atoms with Crippen molar-refractivity contribution in [2.24, 2.45) is 0 Å². The van der Waals surface area contributed by atoms with Crippen LogP contribution in [0.2, 0.25) is 0 Å². The van der Waals surface area contributed by atoms with Crippen LogP contribution in [0, 0.1) is 0 Å². The van der Waals surface area contributed by atoms with Gasteiger partial charge in [0.2, 0.25) is 0 Å². The van der Waals surface area contributed by atoms with Crippen molar-refractivity contribution in [3.8, 4) is 33.6 Å². The van der Waals surface area contributed by atoms with Gasteiger partial charge in [-0.3, -0.25) is 0 Å². The van der Waals surface area contributed by atoms with Crippen LogP contribution in [-0.4, -0.2) is 9.13 Å². The molecule has 0 aliphatic rings. The number of fused-ring (bicyclic) bond motifs is 8. The van der Waals surface area contributed by atoms with Crippen LogP contribution in [0.1, 0.15) is 0 Å². The van der Waals surface area contributed by atoms with Gasteiger partial charge in [-0.1, -0.05) is 109 Å². The van der Waals surface area contributed by atoms with Crippen molar-refractivity contribution >= 4 is 54.8 Å². The Morgan fingerprint density at radius 3 is 1.55 bits per heavy atom. The van der Waals surface area contributed by atoms with Crippen molar-refractivity contribution in [2.75, 3.05) is 0 Å². The summed E-state index contributed by atoms with van der Waals surface area (Å²) in [7, 11) is 0. The minimum atomic E-state index is 0.896. The second-order valence-electron chi connectivity index (χ2n) is 12.2. The van der Waals surface area contributed by atoms with Crippen molar-refractivity contribution in [3.05, 3.63) is 170 Å². The van der Waals surface area contributed by atoms with E-state index in [2.05, 4.69) is 179 Å². The first-order chi connectivity index (χ1) is 23.3. The molecule has 0 saturated carbocycles. The lowest BCUT2D eigenvalue weighted by Gasteiger charge is -2.10. The molecule has 0 atom stereocenters. The number of para-hydroxylation sites is 4. The molecule has 0 saturated heterocycles. The molecule has 0 aliphatic carbocycles. The van der Waals surface area contributed by atoms with Crippen molar-refractivity contribution in [1.82, 2.24) is 9.13 Å². The zero-order valence-electron chi connectivity index (χ0n) is 25.5. The normalized spacial score (nSPS) is 11.8. The van der Waals surface area contributed by atoms with E-state index >= 15 is 0 Å². The van der Waals surface area contributed by atoms with Crippen LogP contribution in [0.3, 0.4) is 0 Å². The maximum atomic E-state index is 6.51. The summed E-state index contributed by atoms with van der Waals surface area (Å²) in [5, 5.41) is 4.76. The number of hydrogen-bond acceptors (Lipinski definition) is 1. The van der Waals surface area contributed by atoms with E-state index < -0.39 is 0 Å². The minimum absolute atomic E-state index is 0.896. The van der Waals surface area contributed by atoms with E-state index in [1.807, 2.05) is 0 Å². The maximum Gasteiger partial charge on any atom is 0.161 e. The molecule has 0 spiro atoms. The summed E-state index contributed by atoms with van der Waals surface area (Å²) in [6.07, 6.45) is 0. The fourth-order valence-corrected chi connectivity index (χ4v) is 7.36. The number of nitrogens with zero attached hydrogens (tertiary/aromatic N) is 2. The van der Waals surface area contributed by atoms with Gasteiger partial charge in [0.1, 0.15) is 11.1 Å². The summed E-state index contributed by atoms with van der Waals surface area (Å²) < 4.78 is 11.2. The maximum absolute atomic E-state index is 6.51. The molecule has 7 aromatic carbocycles. The average molecular weight is 601 g/mol. The highest BCUT2D eigenvalue weighted by Crippen LogP contribution is 2.41. The first-order valence-corrected chi connectivity index (χ1v) is 16.0. The molecular formula is C44H28N2O. The van der Waals surface area contributed by atoms with E-state index in [0.29, 0.717) is 0 Å². The molecule has 0 N–H and O–H groups in total. The molecule has 3 heteroatoms. The first-order valence-electron chi connectivity index (χ1n) is 16.0. The lowest BCUT2D eigenvalue weighted by molar-refractivity contribution is 0.673. The highest BCUT2D eigenvalue weighted by Gasteiger charge is 2.20. The zero-order chi connectivity index (χ0) is 30.9. The molecule has 10 rings (SSSR count). The van der Waals surface area contributed by atoms with Crippen LogP contribution in [0.25, 0.3) is 88.4 Å². The Bertz CT molecular complexity index is 2760. The summed E-state index contributed by atoms with van der Waals surface area (Å²) in [4.78, 5) is 0. The van der Waals surface area contributed by atoms with Gasteiger partial charge in [0.25, 0.3) is 0 Å². The molecule has 3 nitrogen and oxygen atoms in total. The first kappa shape index (κ1) is 26.0. The van der Waals surface area contributed by atoms with Crippen LogP contribution >= 0.6 is 0 Å². The predicted molar refractivity (Wildman–Crippen MR) is 196 cm³/mol.